The molecule has 0 unspecified atom stereocenters. The summed E-state index contributed by atoms with van der Waals surface area (Å²) >= 11 is 0. The number of nitrogens with one attached hydrogen (secondary N) is 1. The van der Waals surface area contributed by atoms with E-state index in [1.54, 1.807) is 10.8 Å². The molecule has 0 saturated carbocycles. The molecule has 1 N–H and O–H groups in total. The molecule has 3 aromatic heterocycles. The third kappa shape index (κ3) is 2.92. The fraction of sp³-hybridized carbons (Fsp3) is 0.591. The van der Waals surface area contributed by atoms with E-state index < -0.39 is 0 Å². The van der Waals surface area contributed by atoms with Crippen molar-refractivity contribution in [2.45, 2.75) is 70.6 Å². The number of piperidine rings is 1. The van der Waals surface area contributed by atoms with E-state index in [2.05, 4.69) is 58.9 Å². The molecule has 30 heavy (non-hydrogen) atoms. The number of rotatable bonds is 2. The molecular weight excluding hydrogens is 378 g/mol. The Hall–Kier alpha value is -2.77. The normalized spacial score (nSPS) is 18.3. The molecule has 0 atom stereocenters. The van der Waals surface area contributed by atoms with E-state index in [9.17, 15) is 4.79 Å². The van der Waals surface area contributed by atoms with Crippen LogP contribution in [0, 0.1) is 0 Å². The second kappa shape index (κ2) is 6.62. The minimum atomic E-state index is -0.175. The van der Waals surface area contributed by atoms with E-state index in [4.69, 9.17) is 4.98 Å². The first-order valence-corrected chi connectivity index (χ1v) is 10.9. The Kier molecular flexibility index (Phi) is 4.24. The quantitative estimate of drug-likeness (QED) is 0.702. The molecule has 4 heterocycles. The zero-order valence-corrected chi connectivity index (χ0v) is 18.2. The molecule has 1 saturated heterocycles. The summed E-state index contributed by atoms with van der Waals surface area (Å²) in [5.74, 6) is 0.793. The molecule has 3 aromatic rings. The first kappa shape index (κ1) is 19.2. The minimum Gasteiger partial charge on any atom is -0.368 e. The van der Waals surface area contributed by atoms with Crippen molar-refractivity contribution in [2.24, 2.45) is 0 Å². The SMILES string of the molecule is CCc1cc(N2CCC3(CCc4c3nc(C(C)(C)C)[nH]c4=O)CC2)c2nncn2n1. The van der Waals surface area contributed by atoms with Crippen molar-refractivity contribution in [3.8, 4) is 0 Å². The molecule has 8 nitrogen and oxygen atoms in total. The van der Waals surface area contributed by atoms with Gasteiger partial charge in [0.25, 0.3) is 5.56 Å². The van der Waals surface area contributed by atoms with Gasteiger partial charge in [-0.05, 0) is 38.2 Å². The van der Waals surface area contributed by atoms with Gasteiger partial charge in [0.05, 0.1) is 17.1 Å². The number of aromatic nitrogens is 6. The predicted molar refractivity (Wildman–Crippen MR) is 115 cm³/mol. The van der Waals surface area contributed by atoms with Gasteiger partial charge in [0.2, 0.25) is 5.65 Å². The lowest BCUT2D eigenvalue weighted by molar-refractivity contribution is 0.321. The Labute approximate surface area is 175 Å². The van der Waals surface area contributed by atoms with Crippen molar-refractivity contribution >= 4 is 11.3 Å². The molecule has 0 aromatic carbocycles. The Morgan fingerprint density at radius 3 is 2.67 bits per heavy atom. The lowest BCUT2D eigenvalue weighted by atomic mass is 9.76. The predicted octanol–water partition coefficient (Wildman–Crippen LogP) is 2.55. The smallest absolute Gasteiger partial charge is 0.254 e. The van der Waals surface area contributed by atoms with Crippen LogP contribution in [0.2, 0.25) is 0 Å². The van der Waals surface area contributed by atoms with E-state index in [0.717, 1.165) is 79.3 Å². The zero-order valence-electron chi connectivity index (χ0n) is 18.2. The van der Waals surface area contributed by atoms with E-state index in [0.29, 0.717) is 0 Å². The third-order valence-corrected chi connectivity index (χ3v) is 6.80. The fourth-order valence-electron chi connectivity index (χ4n) is 4.94. The lowest BCUT2D eigenvalue weighted by Crippen LogP contribution is -2.43. The number of aryl methyl sites for hydroxylation is 1. The van der Waals surface area contributed by atoms with Gasteiger partial charge in [-0.2, -0.15) is 9.61 Å². The van der Waals surface area contributed by atoms with Crippen LogP contribution in [0.3, 0.4) is 0 Å². The molecular formula is C22H29N7O. The molecule has 0 bridgehead atoms. The molecule has 1 aliphatic heterocycles. The maximum atomic E-state index is 12.7. The van der Waals surface area contributed by atoms with E-state index in [1.807, 2.05) is 0 Å². The first-order valence-electron chi connectivity index (χ1n) is 10.9. The topological polar surface area (TPSA) is 92.1 Å². The highest BCUT2D eigenvalue weighted by atomic mass is 16.1. The van der Waals surface area contributed by atoms with Gasteiger partial charge in [-0.15, -0.1) is 10.2 Å². The van der Waals surface area contributed by atoms with Gasteiger partial charge in [0.15, 0.2) is 0 Å². The third-order valence-electron chi connectivity index (χ3n) is 6.80. The highest BCUT2D eigenvalue weighted by Gasteiger charge is 2.44. The van der Waals surface area contributed by atoms with E-state index >= 15 is 0 Å². The molecule has 1 fully saturated rings. The largest absolute Gasteiger partial charge is 0.368 e. The summed E-state index contributed by atoms with van der Waals surface area (Å²) in [6.07, 6.45) is 6.35. The van der Waals surface area contributed by atoms with Crippen LogP contribution in [0.15, 0.2) is 17.2 Å². The second-order valence-electron chi connectivity index (χ2n) is 9.73. The van der Waals surface area contributed by atoms with E-state index in [1.165, 1.54) is 0 Å². The summed E-state index contributed by atoms with van der Waals surface area (Å²) in [7, 11) is 0. The molecule has 5 rings (SSSR count). The molecule has 8 heteroatoms. The van der Waals surface area contributed by atoms with Crippen LogP contribution in [0.4, 0.5) is 5.69 Å². The summed E-state index contributed by atoms with van der Waals surface area (Å²) in [4.78, 5) is 23.2. The number of H-pyrrole nitrogens is 1. The van der Waals surface area contributed by atoms with Crippen molar-refractivity contribution in [2.75, 3.05) is 18.0 Å². The summed E-state index contributed by atoms with van der Waals surface area (Å²) < 4.78 is 1.78. The summed E-state index contributed by atoms with van der Waals surface area (Å²) in [5.41, 5.74) is 4.76. The number of fused-ring (bicyclic) bond motifs is 3. The Balaban J connectivity index is 1.48. The van der Waals surface area contributed by atoms with Crippen molar-refractivity contribution in [3.63, 3.8) is 0 Å². The van der Waals surface area contributed by atoms with Crippen LogP contribution in [-0.2, 0) is 23.7 Å². The molecule has 158 valence electrons. The van der Waals surface area contributed by atoms with Gasteiger partial charge in [-0.1, -0.05) is 27.7 Å². The summed E-state index contributed by atoms with van der Waals surface area (Å²) in [6.45, 7) is 10.2. The standard InChI is InChI=1S/C22H29N7O/c1-5-14-12-16(18-26-23-13-29(18)27-14)28-10-8-22(9-11-28)7-6-15-17(22)24-20(21(2,3)4)25-19(15)30/h12-13H,5-11H2,1-4H3,(H,24,25,30). The number of hydrogen-bond donors (Lipinski definition) is 1. The molecule has 2 aliphatic rings. The average Bonchev–Trinajstić information content (AvgIpc) is 3.33. The highest BCUT2D eigenvalue weighted by Crippen LogP contribution is 2.45. The van der Waals surface area contributed by atoms with Crippen molar-refractivity contribution < 1.29 is 0 Å². The van der Waals surface area contributed by atoms with Crippen molar-refractivity contribution in [3.05, 3.63) is 45.5 Å². The van der Waals surface area contributed by atoms with Crippen LogP contribution in [-0.4, -0.2) is 42.9 Å². The summed E-state index contributed by atoms with van der Waals surface area (Å²) in [5, 5.41) is 12.9. The Morgan fingerprint density at radius 2 is 1.97 bits per heavy atom. The van der Waals surface area contributed by atoms with Crippen LogP contribution in [0.5, 0.6) is 0 Å². The van der Waals surface area contributed by atoms with Crippen LogP contribution in [0.25, 0.3) is 5.65 Å². The summed E-state index contributed by atoms with van der Waals surface area (Å²) in [6, 6.07) is 2.14. The van der Waals surface area contributed by atoms with Crippen LogP contribution in [0.1, 0.15) is 69.7 Å². The first-order chi connectivity index (χ1) is 14.3. The van der Waals surface area contributed by atoms with Crippen molar-refractivity contribution in [1.29, 1.82) is 0 Å². The fourth-order valence-corrected chi connectivity index (χ4v) is 4.94. The van der Waals surface area contributed by atoms with Crippen LogP contribution >= 0.6 is 0 Å². The van der Waals surface area contributed by atoms with Gasteiger partial charge >= 0.3 is 0 Å². The highest BCUT2D eigenvalue weighted by molar-refractivity contribution is 5.68. The molecule has 0 amide bonds. The maximum absolute atomic E-state index is 12.7. The second-order valence-corrected chi connectivity index (χ2v) is 9.73. The zero-order chi connectivity index (χ0) is 21.1. The number of hydrogen-bond acceptors (Lipinski definition) is 6. The van der Waals surface area contributed by atoms with E-state index in [-0.39, 0.29) is 16.4 Å². The number of aromatic amines is 1. The van der Waals surface area contributed by atoms with Gasteiger partial charge in [-0.3, -0.25) is 4.79 Å². The number of anilines is 1. The monoisotopic (exact) mass is 407 g/mol. The maximum Gasteiger partial charge on any atom is 0.254 e. The Morgan fingerprint density at radius 1 is 1.20 bits per heavy atom. The molecule has 0 radical (unpaired) electrons. The van der Waals surface area contributed by atoms with Crippen molar-refractivity contribution in [1.82, 2.24) is 29.8 Å². The number of nitrogens with zero attached hydrogens (tertiary/aromatic N) is 6. The molecule has 1 aliphatic carbocycles. The van der Waals surface area contributed by atoms with Gasteiger partial charge < -0.3 is 9.88 Å². The Bertz CT molecular complexity index is 1160. The average molecular weight is 408 g/mol. The van der Waals surface area contributed by atoms with Gasteiger partial charge in [-0.25, -0.2) is 4.98 Å². The lowest BCUT2D eigenvalue weighted by Gasteiger charge is -2.40. The minimum absolute atomic E-state index is 0.00463. The van der Waals surface area contributed by atoms with Gasteiger partial charge in [0.1, 0.15) is 12.2 Å². The molecule has 1 spiro atoms. The van der Waals surface area contributed by atoms with Gasteiger partial charge in [0, 0.05) is 29.5 Å². The van der Waals surface area contributed by atoms with Crippen LogP contribution < -0.4 is 10.5 Å².